The first-order valence-corrected chi connectivity index (χ1v) is 10.0. The van der Waals surface area contributed by atoms with Crippen molar-refractivity contribution in [2.75, 3.05) is 11.9 Å². The average molecular weight is 409 g/mol. The highest BCUT2D eigenvalue weighted by atomic mass is 16.2. The van der Waals surface area contributed by atoms with Crippen LogP contribution in [-0.4, -0.2) is 28.4 Å². The number of carbonyl (C=O) groups is 1. The molecule has 6 nitrogen and oxygen atoms in total. The molecule has 0 aliphatic heterocycles. The van der Waals surface area contributed by atoms with E-state index in [1.165, 1.54) is 5.56 Å². The van der Waals surface area contributed by atoms with Crippen molar-refractivity contribution in [3.63, 3.8) is 0 Å². The van der Waals surface area contributed by atoms with E-state index in [1.807, 2.05) is 103 Å². The number of rotatable bonds is 7. The van der Waals surface area contributed by atoms with Crippen molar-refractivity contribution in [2.24, 2.45) is 5.10 Å². The zero-order valence-electron chi connectivity index (χ0n) is 17.2. The minimum atomic E-state index is -0.228. The number of benzene rings is 3. The van der Waals surface area contributed by atoms with Gasteiger partial charge in [0.25, 0.3) is 5.91 Å². The predicted molar refractivity (Wildman–Crippen MR) is 124 cm³/mol. The van der Waals surface area contributed by atoms with E-state index >= 15 is 0 Å². The standard InChI is InChI=1S/C25H23N5O/c1-19-12-14-22(15-13-19)26-17-24(31)28-27-16-21-18-30(23-10-6-3-7-11-23)29-25(21)20-8-4-2-5-9-20/h2-16,18,26H,17H2,1H3,(H,28,31)/b27-16+. The van der Waals surface area contributed by atoms with Crippen LogP contribution in [0.3, 0.4) is 0 Å². The molecule has 1 aromatic heterocycles. The maximum atomic E-state index is 12.1. The molecule has 0 atom stereocenters. The number of anilines is 1. The summed E-state index contributed by atoms with van der Waals surface area (Å²) >= 11 is 0. The van der Waals surface area contributed by atoms with E-state index in [2.05, 4.69) is 15.8 Å². The molecule has 0 unspecified atom stereocenters. The Bertz CT molecular complexity index is 1170. The number of aromatic nitrogens is 2. The average Bonchev–Trinajstić information content (AvgIpc) is 3.24. The summed E-state index contributed by atoms with van der Waals surface area (Å²) in [6, 6.07) is 27.6. The Morgan fingerprint density at radius 3 is 2.35 bits per heavy atom. The monoisotopic (exact) mass is 409 g/mol. The fourth-order valence-electron chi connectivity index (χ4n) is 3.08. The SMILES string of the molecule is Cc1ccc(NCC(=O)N/N=C/c2cn(-c3ccccc3)nc2-c2ccccc2)cc1. The van der Waals surface area contributed by atoms with Crippen molar-refractivity contribution in [1.29, 1.82) is 0 Å². The third kappa shape index (κ3) is 5.25. The largest absolute Gasteiger partial charge is 0.376 e. The van der Waals surface area contributed by atoms with Crippen molar-refractivity contribution >= 4 is 17.8 Å². The summed E-state index contributed by atoms with van der Waals surface area (Å²) < 4.78 is 1.81. The number of hydrazone groups is 1. The van der Waals surface area contributed by atoms with Gasteiger partial charge >= 0.3 is 0 Å². The minimum Gasteiger partial charge on any atom is -0.376 e. The molecule has 1 amide bonds. The molecule has 2 N–H and O–H groups in total. The Labute approximate surface area is 181 Å². The lowest BCUT2D eigenvalue weighted by molar-refractivity contribution is -0.119. The Morgan fingerprint density at radius 1 is 0.968 bits per heavy atom. The molecule has 0 spiro atoms. The smallest absolute Gasteiger partial charge is 0.259 e. The van der Waals surface area contributed by atoms with E-state index in [9.17, 15) is 4.79 Å². The van der Waals surface area contributed by atoms with Gasteiger partial charge in [-0.15, -0.1) is 0 Å². The molecule has 4 rings (SSSR count). The summed E-state index contributed by atoms with van der Waals surface area (Å²) in [5.41, 5.74) is 8.16. The molecule has 4 aromatic rings. The van der Waals surface area contributed by atoms with Crippen molar-refractivity contribution < 1.29 is 4.79 Å². The van der Waals surface area contributed by atoms with Gasteiger partial charge in [-0.3, -0.25) is 4.79 Å². The minimum absolute atomic E-state index is 0.134. The molecule has 154 valence electrons. The van der Waals surface area contributed by atoms with Crippen LogP contribution in [0.1, 0.15) is 11.1 Å². The number of hydrogen-bond acceptors (Lipinski definition) is 4. The molecule has 0 radical (unpaired) electrons. The summed E-state index contributed by atoms with van der Waals surface area (Å²) in [6.07, 6.45) is 3.52. The number of carbonyl (C=O) groups excluding carboxylic acids is 1. The molecule has 0 fully saturated rings. The van der Waals surface area contributed by atoms with Gasteiger partial charge in [-0.05, 0) is 31.2 Å². The van der Waals surface area contributed by atoms with Crippen LogP contribution < -0.4 is 10.7 Å². The van der Waals surface area contributed by atoms with Gasteiger partial charge in [0.05, 0.1) is 18.4 Å². The maximum absolute atomic E-state index is 12.1. The Kier molecular flexibility index (Phi) is 6.18. The fraction of sp³-hybridized carbons (Fsp3) is 0.0800. The van der Waals surface area contributed by atoms with E-state index < -0.39 is 0 Å². The van der Waals surface area contributed by atoms with Crippen LogP contribution in [0, 0.1) is 6.92 Å². The zero-order valence-corrected chi connectivity index (χ0v) is 17.2. The number of nitrogens with one attached hydrogen (secondary N) is 2. The summed E-state index contributed by atoms with van der Waals surface area (Å²) in [4.78, 5) is 12.1. The molecule has 0 bridgehead atoms. The Hall–Kier alpha value is -4.19. The molecule has 3 aromatic carbocycles. The third-order valence-electron chi connectivity index (χ3n) is 4.71. The van der Waals surface area contributed by atoms with Crippen molar-refractivity contribution in [3.8, 4) is 16.9 Å². The lowest BCUT2D eigenvalue weighted by atomic mass is 10.1. The van der Waals surface area contributed by atoms with Crippen molar-refractivity contribution in [2.45, 2.75) is 6.92 Å². The van der Waals surface area contributed by atoms with Gasteiger partial charge in [0, 0.05) is 23.0 Å². The Morgan fingerprint density at radius 2 is 1.65 bits per heavy atom. The second kappa shape index (κ2) is 9.54. The lowest BCUT2D eigenvalue weighted by Crippen LogP contribution is -2.25. The van der Waals surface area contributed by atoms with Gasteiger partial charge in [-0.1, -0.05) is 66.2 Å². The molecule has 31 heavy (non-hydrogen) atoms. The quantitative estimate of drug-likeness (QED) is 0.351. The van der Waals surface area contributed by atoms with Crippen LogP contribution in [0.5, 0.6) is 0 Å². The van der Waals surface area contributed by atoms with Gasteiger partial charge < -0.3 is 5.32 Å². The number of hydrogen-bond donors (Lipinski definition) is 2. The van der Waals surface area contributed by atoms with E-state index in [1.54, 1.807) is 6.21 Å². The van der Waals surface area contributed by atoms with Gasteiger partial charge in [0.2, 0.25) is 0 Å². The normalized spacial score (nSPS) is 10.9. The number of para-hydroxylation sites is 1. The number of amides is 1. The second-order valence-corrected chi connectivity index (χ2v) is 7.09. The molecule has 0 saturated carbocycles. The maximum Gasteiger partial charge on any atom is 0.259 e. The predicted octanol–water partition coefficient (Wildman–Crippen LogP) is 4.41. The Balaban J connectivity index is 1.47. The third-order valence-corrected chi connectivity index (χ3v) is 4.71. The summed E-state index contributed by atoms with van der Waals surface area (Å²) in [5.74, 6) is -0.228. The van der Waals surface area contributed by atoms with Crippen molar-refractivity contribution in [3.05, 3.63) is 102 Å². The number of nitrogens with zero attached hydrogens (tertiary/aromatic N) is 3. The summed E-state index contributed by atoms with van der Waals surface area (Å²) in [7, 11) is 0. The first-order valence-electron chi connectivity index (χ1n) is 10.0. The van der Waals surface area contributed by atoms with Gasteiger partial charge in [0.15, 0.2) is 0 Å². The van der Waals surface area contributed by atoms with Gasteiger partial charge in [-0.2, -0.15) is 10.2 Å². The summed E-state index contributed by atoms with van der Waals surface area (Å²) in [6.45, 7) is 2.16. The van der Waals surface area contributed by atoms with Gasteiger partial charge in [-0.25, -0.2) is 10.1 Å². The highest BCUT2D eigenvalue weighted by Gasteiger charge is 2.11. The molecule has 1 heterocycles. The van der Waals surface area contributed by atoms with Crippen LogP contribution in [0.25, 0.3) is 16.9 Å². The van der Waals surface area contributed by atoms with Crippen LogP contribution in [0.15, 0.2) is 96.2 Å². The van der Waals surface area contributed by atoms with Crippen LogP contribution >= 0.6 is 0 Å². The van der Waals surface area contributed by atoms with Gasteiger partial charge in [0.1, 0.15) is 5.69 Å². The van der Waals surface area contributed by atoms with Crippen LogP contribution in [-0.2, 0) is 4.79 Å². The molecule has 0 aliphatic rings. The van der Waals surface area contributed by atoms with Crippen LogP contribution in [0.2, 0.25) is 0 Å². The first kappa shape index (κ1) is 20.1. The fourth-order valence-corrected chi connectivity index (χ4v) is 3.08. The second-order valence-electron chi connectivity index (χ2n) is 7.09. The van der Waals surface area contributed by atoms with E-state index in [0.29, 0.717) is 0 Å². The molecule has 0 aliphatic carbocycles. The topological polar surface area (TPSA) is 71.3 Å². The van der Waals surface area contributed by atoms with Crippen LogP contribution in [0.4, 0.5) is 5.69 Å². The molecule has 6 heteroatoms. The molecular weight excluding hydrogens is 386 g/mol. The first-order chi connectivity index (χ1) is 15.2. The number of aryl methyl sites for hydroxylation is 1. The molecular formula is C25H23N5O. The highest BCUT2D eigenvalue weighted by molar-refractivity contribution is 5.90. The highest BCUT2D eigenvalue weighted by Crippen LogP contribution is 2.22. The van der Waals surface area contributed by atoms with Crippen molar-refractivity contribution in [1.82, 2.24) is 15.2 Å². The zero-order chi connectivity index (χ0) is 21.5. The van der Waals surface area contributed by atoms with E-state index in [0.717, 1.165) is 28.2 Å². The lowest BCUT2D eigenvalue weighted by Gasteiger charge is -2.05. The van der Waals surface area contributed by atoms with E-state index in [4.69, 9.17) is 5.10 Å². The molecule has 0 saturated heterocycles. The summed E-state index contributed by atoms with van der Waals surface area (Å²) in [5, 5.41) is 12.0. The van der Waals surface area contributed by atoms with E-state index in [-0.39, 0.29) is 12.5 Å².